The molecule has 0 aromatic carbocycles. The maximum atomic E-state index is 9.32. The van der Waals surface area contributed by atoms with Crippen molar-refractivity contribution < 1.29 is 5.11 Å². The summed E-state index contributed by atoms with van der Waals surface area (Å²) in [7, 11) is 2.11. The van der Waals surface area contributed by atoms with E-state index in [1.54, 1.807) is 0 Å². The third-order valence-corrected chi connectivity index (χ3v) is 4.97. The van der Waals surface area contributed by atoms with Crippen molar-refractivity contribution in [3.05, 3.63) is 0 Å². The first-order valence-corrected chi connectivity index (χ1v) is 7.73. The highest BCUT2D eigenvalue weighted by Crippen LogP contribution is 2.30. The Labute approximate surface area is 112 Å². The number of nitrogens with zero attached hydrogens (tertiary/aromatic N) is 1. The molecule has 1 saturated heterocycles. The van der Waals surface area contributed by atoms with Gasteiger partial charge in [-0.05, 0) is 63.5 Å². The maximum Gasteiger partial charge on any atom is 0.0471 e. The molecular weight excluding hydrogens is 224 g/mol. The Morgan fingerprint density at radius 3 is 2.83 bits per heavy atom. The van der Waals surface area contributed by atoms with Crippen molar-refractivity contribution in [1.29, 1.82) is 0 Å². The average molecular weight is 254 g/mol. The monoisotopic (exact) mass is 254 g/mol. The zero-order valence-electron chi connectivity index (χ0n) is 12.1. The number of nitrogens with one attached hydrogen (secondary N) is 1. The molecule has 2 fully saturated rings. The summed E-state index contributed by atoms with van der Waals surface area (Å²) < 4.78 is 0. The van der Waals surface area contributed by atoms with Crippen LogP contribution in [0.15, 0.2) is 0 Å². The third kappa shape index (κ3) is 3.69. The molecule has 3 nitrogen and oxygen atoms in total. The normalized spacial score (nSPS) is 38.8. The minimum absolute atomic E-state index is 0.368. The van der Waals surface area contributed by atoms with E-state index in [2.05, 4.69) is 24.2 Å². The van der Waals surface area contributed by atoms with Crippen molar-refractivity contribution in [1.82, 2.24) is 10.2 Å². The molecule has 4 unspecified atom stereocenters. The summed E-state index contributed by atoms with van der Waals surface area (Å²) in [6.07, 6.45) is 6.55. The summed E-state index contributed by atoms with van der Waals surface area (Å²) in [6.45, 7) is 6.33. The van der Waals surface area contributed by atoms with Crippen LogP contribution in [0.1, 0.15) is 39.0 Å². The average Bonchev–Trinajstić information content (AvgIpc) is 2.39. The van der Waals surface area contributed by atoms with Gasteiger partial charge in [-0.1, -0.05) is 6.92 Å². The Kier molecular flexibility index (Phi) is 5.46. The molecule has 2 N–H and O–H groups in total. The van der Waals surface area contributed by atoms with Gasteiger partial charge in [0, 0.05) is 25.7 Å². The van der Waals surface area contributed by atoms with E-state index < -0.39 is 0 Å². The molecule has 0 radical (unpaired) electrons. The van der Waals surface area contributed by atoms with Gasteiger partial charge in [0.2, 0.25) is 0 Å². The zero-order valence-corrected chi connectivity index (χ0v) is 12.1. The van der Waals surface area contributed by atoms with E-state index in [0.29, 0.717) is 18.6 Å². The predicted molar refractivity (Wildman–Crippen MR) is 75.6 cm³/mol. The van der Waals surface area contributed by atoms with Crippen molar-refractivity contribution in [3.63, 3.8) is 0 Å². The van der Waals surface area contributed by atoms with E-state index in [1.807, 2.05) is 0 Å². The molecule has 18 heavy (non-hydrogen) atoms. The third-order valence-electron chi connectivity index (χ3n) is 4.97. The summed E-state index contributed by atoms with van der Waals surface area (Å²) in [6, 6.07) is 0.704. The van der Waals surface area contributed by atoms with Crippen LogP contribution >= 0.6 is 0 Å². The Morgan fingerprint density at radius 1 is 1.28 bits per heavy atom. The quantitative estimate of drug-likeness (QED) is 0.802. The lowest BCUT2D eigenvalue weighted by Gasteiger charge is -2.40. The Balaban J connectivity index is 1.85. The van der Waals surface area contributed by atoms with Crippen LogP contribution in [-0.4, -0.2) is 49.3 Å². The smallest absolute Gasteiger partial charge is 0.0471 e. The molecule has 2 rings (SSSR count). The number of hydrogen-bond acceptors (Lipinski definition) is 3. The number of aliphatic hydroxyl groups excluding tert-OH is 1. The summed E-state index contributed by atoms with van der Waals surface area (Å²) in [4.78, 5) is 2.59. The summed E-state index contributed by atoms with van der Waals surface area (Å²) in [5, 5.41) is 12.8. The summed E-state index contributed by atoms with van der Waals surface area (Å²) >= 11 is 0. The SMILES string of the molecule is CNC1CCC(C)CC1CN1CCCC(CO)C1. The predicted octanol–water partition coefficient (Wildman–Crippen LogP) is 1.71. The molecule has 1 aliphatic carbocycles. The highest BCUT2D eigenvalue weighted by Gasteiger charge is 2.30. The topological polar surface area (TPSA) is 35.5 Å². The van der Waals surface area contributed by atoms with Crippen LogP contribution in [0, 0.1) is 17.8 Å². The van der Waals surface area contributed by atoms with Gasteiger partial charge in [-0.15, -0.1) is 0 Å². The van der Waals surface area contributed by atoms with Crippen molar-refractivity contribution in [2.24, 2.45) is 17.8 Å². The lowest BCUT2D eigenvalue weighted by Crippen LogP contribution is -2.47. The van der Waals surface area contributed by atoms with Gasteiger partial charge in [-0.3, -0.25) is 0 Å². The number of rotatable bonds is 4. The lowest BCUT2D eigenvalue weighted by molar-refractivity contribution is 0.0859. The minimum Gasteiger partial charge on any atom is -0.396 e. The van der Waals surface area contributed by atoms with E-state index in [0.717, 1.165) is 18.4 Å². The summed E-state index contributed by atoms with van der Waals surface area (Å²) in [5.41, 5.74) is 0. The number of hydrogen-bond donors (Lipinski definition) is 2. The van der Waals surface area contributed by atoms with Crippen LogP contribution in [0.5, 0.6) is 0 Å². The molecule has 106 valence electrons. The van der Waals surface area contributed by atoms with Crippen molar-refractivity contribution in [3.8, 4) is 0 Å². The Bertz CT molecular complexity index is 247. The number of aliphatic hydroxyl groups is 1. The highest BCUT2D eigenvalue weighted by atomic mass is 16.3. The molecule has 0 bridgehead atoms. The van der Waals surface area contributed by atoms with Crippen LogP contribution in [-0.2, 0) is 0 Å². The largest absolute Gasteiger partial charge is 0.396 e. The maximum absolute atomic E-state index is 9.32. The van der Waals surface area contributed by atoms with E-state index in [4.69, 9.17) is 0 Å². The molecule has 0 aromatic heterocycles. The fraction of sp³-hybridized carbons (Fsp3) is 1.00. The van der Waals surface area contributed by atoms with Gasteiger partial charge in [0.15, 0.2) is 0 Å². The van der Waals surface area contributed by atoms with Gasteiger partial charge in [0.25, 0.3) is 0 Å². The standard InChI is InChI=1S/C15H30N2O/c1-12-5-6-15(16-2)14(8-12)10-17-7-3-4-13(9-17)11-18/h12-16,18H,3-11H2,1-2H3. The Morgan fingerprint density at radius 2 is 2.11 bits per heavy atom. The number of likely N-dealkylation sites (tertiary alicyclic amines) is 1. The minimum atomic E-state index is 0.368. The van der Waals surface area contributed by atoms with Crippen LogP contribution < -0.4 is 5.32 Å². The van der Waals surface area contributed by atoms with Crippen molar-refractivity contribution in [2.75, 3.05) is 33.3 Å². The molecule has 2 aliphatic rings. The molecule has 0 aromatic rings. The molecule has 4 atom stereocenters. The second kappa shape index (κ2) is 6.88. The van der Waals surface area contributed by atoms with Gasteiger partial charge in [-0.2, -0.15) is 0 Å². The second-order valence-electron chi connectivity index (χ2n) is 6.52. The first-order valence-electron chi connectivity index (χ1n) is 7.73. The Hall–Kier alpha value is -0.120. The van der Waals surface area contributed by atoms with Crippen molar-refractivity contribution >= 4 is 0 Å². The van der Waals surface area contributed by atoms with Crippen molar-refractivity contribution in [2.45, 2.75) is 45.1 Å². The number of piperidine rings is 1. The molecule has 3 heteroatoms. The van der Waals surface area contributed by atoms with Crippen LogP contribution in [0.4, 0.5) is 0 Å². The van der Waals surface area contributed by atoms with Crippen LogP contribution in [0.25, 0.3) is 0 Å². The van der Waals surface area contributed by atoms with E-state index in [1.165, 1.54) is 45.2 Å². The molecular formula is C15H30N2O. The fourth-order valence-corrected chi connectivity index (χ4v) is 3.88. The van der Waals surface area contributed by atoms with Gasteiger partial charge < -0.3 is 15.3 Å². The molecule has 0 spiro atoms. The highest BCUT2D eigenvalue weighted by molar-refractivity contribution is 4.86. The fourth-order valence-electron chi connectivity index (χ4n) is 3.88. The summed E-state index contributed by atoms with van der Waals surface area (Å²) in [5.74, 6) is 2.21. The molecule has 0 amide bonds. The molecule has 1 heterocycles. The van der Waals surface area contributed by atoms with Gasteiger partial charge in [0.05, 0.1) is 0 Å². The van der Waals surface area contributed by atoms with Crippen LogP contribution in [0.2, 0.25) is 0 Å². The van der Waals surface area contributed by atoms with Gasteiger partial charge in [0.1, 0.15) is 0 Å². The van der Waals surface area contributed by atoms with E-state index >= 15 is 0 Å². The van der Waals surface area contributed by atoms with Gasteiger partial charge in [-0.25, -0.2) is 0 Å². The first kappa shape index (κ1) is 14.3. The molecule has 1 saturated carbocycles. The van der Waals surface area contributed by atoms with Gasteiger partial charge >= 0.3 is 0 Å². The zero-order chi connectivity index (χ0) is 13.0. The van der Waals surface area contributed by atoms with E-state index in [9.17, 15) is 5.11 Å². The van der Waals surface area contributed by atoms with E-state index in [-0.39, 0.29) is 0 Å². The molecule has 1 aliphatic heterocycles. The first-order chi connectivity index (χ1) is 8.72. The van der Waals surface area contributed by atoms with Crippen LogP contribution in [0.3, 0.4) is 0 Å². The second-order valence-corrected chi connectivity index (χ2v) is 6.52. The lowest BCUT2D eigenvalue weighted by atomic mass is 9.78.